The van der Waals surface area contributed by atoms with Crippen molar-refractivity contribution in [2.24, 2.45) is 5.92 Å². The van der Waals surface area contributed by atoms with Crippen LogP contribution in [0.4, 0.5) is 4.79 Å². The van der Waals surface area contributed by atoms with Crippen molar-refractivity contribution in [3.8, 4) is 5.75 Å². The second kappa shape index (κ2) is 9.64. The zero-order valence-electron chi connectivity index (χ0n) is 16.0. The van der Waals surface area contributed by atoms with E-state index in [-0.39, 0.29) is 25.3 Å². The third kappa shape index (κ3) is 5.76. The van der Waals surface area contributed by atoms with Gasteiger partial charge in [-0.15, -0.1) is 0 Å². The molecule has 28 heavy (non-hydrogen) atoms. The highest BCUT2D eigenvalue weighted by Gasteiger charge is 2.43. The van der Waals surface area contributed by atoms with Crippen molar-refractivity contribution in [1.29, 1.82) is 0 Å². The Hall–Kier alpha value is -2.48. The number of carboxylic acid groups (broad SMARTS) is 1. The number of benzene rings is 1. The summed E-state index contributed by atoms with van der Waals surface area (Å²) in [6.45, 7) is 5.10. The van der Waals surface area contributed by atoms with Crippen LogP contribution >= 0.6 is 11.6 Å². The second-order valence-corrected chi connectivity index (χ2v) is 7.22. The van der Waals surface area contributed by atoms with E-state index in [4.69, 9.17) is 25.8 Å². The molecule has 154 valence electrons. The number of hydrogen-bond donors (Lipinski definition) is 1. The summed E-state index contributed by atoms with van der Waals surface area (Å²) in [6, 6.07) is 5.60. The average Bonchev–Trinajstić information content (AvgIpc) is 3.05. The number of esters is 1. The molecular weight excluding hydrogens is 390 g/mol. The average molecular weight is 414 g/mol. The lowest BCUT2D eigenvalue weighted by Crippen LogP contribution is -2.43. The van der Waals surface area contributed by atoms with Crippen molar-refractivity contribution in [2.45, 2.75) is 52.0 Å². The highest BCUT2D eigenvalue weighted by molar-refractivity contribution is 6.30. The molecule has 8 nitrogen and oxygen atoms in total. The lowest BCUT2D eigenvalue weighted by molar-refractivity contribution is -0.177. The van der Waals surface area contributed by atoms with Crippen LogP contribution in [-0.4, -0.2) is 53.0 Å². The molecule has 2 rings (SSSR count). The topological polar surface area (TPSA) is 102 Å². The summed E-state index contributed by atoms with van der Waals surface area (Å²) in [5, 5.41) is 9.96. The molecule has 1 aromatic rings. The predicted molar refractivity (Wildman–Crippen MR) is 100 cm³/mol. The third-order valence-corrected chi connectivity index (χ3v) is 4.41. The van der Waals surface area contributed by atoms with Gasteiger partial charge in [0.15, 0.2) is 0 Å². The maximum atomic E-state index is 12.6. The highest BCUT2D eigenvalue weighted by Crippen LogP contribution is 2.26. The number of nitrogens with zero attached hydrogens (tertiary/aromatic N) is 1. The van der Waals surface area contributed by atoms with Crippen LogP contribution in [0.3, 0.4) is 0 Å². The van der Waals surface area contributed by atoms with Crippen molar-refractivity contribution in [1.82, 2.24) is 4.90 Å². The van der Waals surface area contributed by atoms with Crippen LogP contribution in [0.15, 0.2) is 24.3 Å². The van der Waals surface area contributed by atoms with Crippen molar-refractivity contribution in [2.75, 3.05) is 6.54 Å². The van der Waals surface area contributed by atoms with Gasteiger partial charge in [0.2, 0.25) is 0 Å². The van der Waals surface area contributed by atoms with Crippen LogP contribution < -0.4 is 4.74 Å². The minimum atomic E-state index is -1.17. The molecule has 0 saturated carbocycles. The van der Waals surface area contributed by atoms with Gasteiger partial charge in [-0.2, -0.15) is 0 Å². The maximum absolute atomic E-state index is 12.6. The van der Waals surface area contributed by atoms with Crippen LogP contribution in [-0.2, 0) is 19.1 Å². The molecule has 0 aliphatic carbocycles. The number of halogens is 1. The lowest BCUT2D eigenvalue weighted by atomic mass is 10.2. The van der Waals surface area contributed by atoms with Crippen molar-refractivity contribution >= 4 is 29.6 Å². The fraction of sp³-hybridized carbons (Fsp3) is 0.526. The molecule has 0 bridgehead atoms. The molecule has 1 heterocycles. The molecule has 0 aromatic heterocycles. The summed E-state index contributed by atoms with van der Waals surface area (Å²) in [5.74, 6) is -1.48. The first-order chi connectivity index (χ1) is 13.2. The van der Waals surface area contributed by atoms with Crippen LogP contribution in [0, 0.1) is 5.92 Å². The molecular formula is C19H24ClNO7. The number of aliphatic carboxylic acids is 1. The maximum Gasteiger partial charge on any atom is 0.413 e. The number of ether oxygens (including phenoxy) is 3. The molecule has 3 atom stereocenters. The van der Waals surface area contributed by atoms with E-state index in [1.807, 2.05) is 0 Å². The first-order valence-corrected chi connectivity index (χ1v) is 9.40. The Balaban J connectivity index is 2.07. The largest absolute Gasteiger partial charge is 0.488 e. The summed E-state index contributed by atoms with van der Waals surface area (Å²) >= 11 is 5.93. The number of carboxylic acids is 1. The van der Waals surface area contributed by atoms with E-state index >= 15 is 0 Å². The lowest BCUT2D eigenvalue weighted by Gasteiger charge is -2.26. The van der Waals surface area contributed by atoms with E-state index in [0.29, 0.717) is 10.8 Å². The highest BCUT2D eigenvalue weighted by atomic mass is 35.5. The van der Waals surface area contributed by atoms with Crippen molar-refractivity contribution in [3.05, 3.63) is 29.3 Å². The van der Waals surface area contributed by atoms with Gasteiger partial charge in [-0.3, -0.25) is 9.69 Å². The number of hydrogen-bond acceptors (Lipinski definition) is 6. The van der Waals surface area contributed by atoms with Crippen LogP contribution in [0.2, 0.25) is 5.02 Å². The Labute approximate surface area is 168 Å². The monoisotopic (exact) mass is 413 g/mol. The van der Waals surface area contributed by atoms with Gasteiger partial charge in [0.25, 0.3) is 6.29 Å². The Morgan fingerprint density at radius 2 is 2.00 bits per heavy atom. The number of carbonyl (C=O) groups is 3. The Morgan fingerprint density at radius 1 is 1.29 bits per heavy atom. The minimum Gasteiger partial charge on any atom is -0.488 e. The van der Waals surface area contributed by atoms with E-state index in [9.17, 15) is 19.5 Å². The summed E-state index contributed by atoms with van der Waals surface area (Å²) < 4.78 is 16.2. The Kier molecular flexibility index (Phi) is 7.51. The van der Waals surface area contributed by atoms with E-state index in [0.717, 1.165) is 4.90 Å². The van der Waals surface area contributed by atoms with E-state index in [2.05, 4.69) is 0 Å². The SMILES string of the molecule is CCC(=O)O[C@H](OC(=O)N1C[C@@H](Oc2cccc(Cl)c2)C[C@H]1C(=O)O)C(C)C. The standard InChI is InChI=1S/C19H24ClNO7/c1-4-16(22)27-18(11(2)3)28-19(25)21-10-14(9-15(21)17(23)24)26-13-7-5-6-12(20)8-13/h5-8,11,14-15,18H,4,9-10H2,1-3H3,(H,23,24)/t14-,15-,18+/m0/s1. The van der Waals surface area contributed by atoms with Gasteiger partial charge in [-0.25, -0.2) is 9.59 Å². The fourth-order valence-electron chi connectivity index (χ4n) is 2.73. The summed E-state index contributed by atoms with van der Waals surface area (Å²) in [4.78, 5) is 36.8. The molecule has 1 aliphatic rings. The fourth-order valence-corrected chi connectivity index (χ4v) is 2.91. The zero-order valence-corrected chi connectivity index (χ0v) is 16.7. The molecule has 0 radical (unpaired) electrons. The second-order valence-electron chi connectivity index (χ2n) is 6.78. The van der Waals surface area contributed by atoms with E-state index in [1.54, 1.807) is 45.0 Å². The van der Waals surface area contributed by atoms with Crippen LogP contribution in [0.25, 0.3) is 0 Å². The van der Waals surface area contributed by atoms with Crippen molar-refractivity contribution < 1.29 is 33.7 Å². The summed E-state index contributed by atoms with van der Waals surface area (Å²) in [6.07, 6.45) is -2.27. The number of likely N-dealkylation sites (tertiary alicyclic amines) is 1. The predicted octanol–water partition coefficient (Wildman–Crippen LogP) is 3.32. The smallest absolute Gasteiger partial charge is 0.413 e. The van der Waals surface area contributed by atoms with Gasteiger partial charge in [0.1, 0.15) is 17.9 Å². The molecule has 0 spiro atoms. The molecule has 1 saturated heterocycles. The number of rotatable bonds is 7. The molecule has 1 amide bonds. The molecule has 1 aliphatic heterocycles. The number of carbonyl (C=O) groups excluding carboxylic acids is 2. The Bertz CT molecular complexity index is 724. The minimum absolute atomic E-state index is 0.0227. The van der Waals surface area contributed by atoms with Gasteiger partial charge in [0.05, 0.1) is 6.54 Å². The van der Waals surface area contributed by atoms with E-state index in [1.165, 1.54) is 0 Å². The van der Waals surface area contributed by atoms with Crippen LogP contribution in [0.5, 0.6) is 5.75 Å². The van der Waals surface area contributed by atoms with Gasteiger partial charge in [-0.05, 0) is 18.2 Å². The molecule has 1 aromatic carbocycles. The van der Waals surface area contributed by atoms with E-state index < -0.39 is 36.5 Å². The van der Waals surface area contributed by atoms with Gasteiger partial charge in [-0.1, -0.05) is 38.4 Å². The van der Waals surface area contributed by atoms with Crippen LogP contribution in [0.1, 0.15) is 33.6 Å². The zero-order chi connectivity index (χ0) is 20.8. The van der Waals surface area contributed by atoms with Gasteiger partial charge < -0.3 is 19.3 Å². The normalized spacial score (nSPS) is 20.0. The van der Waals surface area contributed by atoms with Gasteiger partial charge >= 0.3 is 18.0 Å². The van der Waals surface area contributed by atoms with Gasteiger partial charge in [0, 0.05) is 23.8 Å². The summed E-state index contributed by atoms with van der Waals surface area (Å²) in [7, 11) is 0. The quantitative estimate of drug-likeness (QED) is 0.540. The first-order valence-electron chi connectivity index (χ1n) is 9.03. The van der Waals surface area contributed by atoms with Crippen molar-refractivity contribution in [3.63, 3.8) is 0 Å². The molecule has 0 unspecified atom stereocenters. The summed E-state index contributed by atoms with van der Waals surface area (Å²) in [5.41, 5.74) is 0. The molecule has 1 fully saturated rings. The molecule has 9 heteroatoms. The molecule has 1 N–H and O–H groups in total. The number of amides is 1. The third-order valence-electron chi connectivity index (χ3n) is 4.18. The first kappa shape index (κ1) is 21.8. The Morgan fingerprint density at radius 3 is 2.57 bits per heavy atom.